The molecular weight excluding hydrogens is 436 g/mol. The smallest absolute Gasteiger partial charge is 0.241 e. The molecule has 1 atom stereocenters. The number of hydrogen-bond donors (Lipinski definition) is 3. The summed E-state index contributed by atoms with van der Waals surface area (Å²) >= 11 is 3.55. The molecule has 2 saturated heterocycles. The van der Waals surface area contributed by atoms with Gasteiger partial charge in [-0.15, -0.1) is 0 Å². The van der Waals surface area contributed by atoms with Gasteiger partial charge in [-0.05, 0) is 66.0 Å². The highest BCUT2D eigenvalue weighted by Crippen LogP contribution is 2.25. The minimum absolute atomic E-state index is 0.0119. The SMILES string of the molecule is NC(=O)C1CN(C2CCNCC2)CCN1C(=O)CCc1cc(Br)c2[nH]ncc2c1. The lowest BCUT2D eigenvalue weighted by Crippen LogP contribution is -2.62. The topological polar surface area (TPSA) is 107 Å². The number of carbonyl (C=O) groups is 2. The predicted octanol–water partition coefficient (Wildman–Crippen LogP) is 1.01. The summed E-state index contributed by atoms with van der Waals surface area (Å²) in [5.74, 6) is -0.429. The highest BCUT2D eigenvalue weighted by Gasteiger charge is 2.36. The molecule has 2 aliphatic heterocycles. The standard InChI is InChI=1S/C20H27BrN6O2/c21-16-10-13(9-14-11-24-25-19(14)16)1-2-18(28)27-8-7-26(12-17(27)20(22)29)15-3-5-23-6-4-15/h9-11,15,17,23H,1-8,12H2,(H2,22,29)(H,24,25). The number of carbonyl (C=O) groups excluding carboxylic acids is 2. The van der Waals surface area contributed by atoms with Crippen LogP contribution in [0.25, 0.3) is 10.9 Å². The second-order valence-electron chi connectivity index (χ2n) is 7.89. The average molecular weight is 463 g/mol. The Labute approximate surface area is 178 Å². The Morgan fingerprint density at radius 1 is 1.24 bits per heavy atom. The number of piperazine rings is 1. The fourth-order valence-corrected chi connectivity index (χ4v) is 5.07. The zero-order valence-corrected chi connectivity index (χ0v) is 18.0. The summed E-state index contributed by atoms with van der Waals surface area (Å²) in [6.45, 7) is 3.90. The van der Waals surface area contributed by atoms with Gasteiger partial charge in [-0.25, -0.2) is 0 Å². The van der Waals surface area contributed by atoms with E-state index in [2.05, 4.69) is 36.3 Å². The Kier molecular flexibility index (Phi) is 6.17. The molecule has 0 spiro atoms. The summed E-state index contributed by atoms with van der Waals surface area (Å²) in [4.78, 5) is 29.1. The van der Waals surface area contributed by atoms with Crippen LogP contribution in [0.4, 0.5) is 0 Å². The Hall–Kier alpha value is -1.97. The third kappa shape index (κ3) is 4.46. The minimum atomic E-state index is -0.547. The highest BCUT2D eigenvalue weighted by molar-refractivity contribution is 9.10. The summed E-state index contributed by atoms with van der Waals surface area (Å²) in [6.07, 6.45) is 4.88. The van der Waals surface area contributed by atoms with Gasteiger partial charge in [-0.3, -0.25) is 19.6 Å². The van der Waals surface area contributed by atoms with E-state index in [1.165, 1.54) is 0 Å². The summed E-state index contributed by atoms with van der Waals surface area (Å²) < 4.78 is 0.931. The first-order valence-corrected chi connectivity index (χ1v) is 11.0. The number of aromatic amines is 1. The van der Waals surface area contributed by atoms with Crippen LogP contribution in [0.5, 0.6) is 0 Å². The fraction of sp³-hybridized carbons (Fsp3) is 0.550. The summed E-state index contributed by atoms with van der Waals surface area (Å²) in [5.41, 5.74) is 7.68. The molecule has 2 fully saturated rings. The van der Waals surface area contributed by atoms with Crippen molar-refractivity contribution in [3.8, 4) is 0 Å². The van der Waals surface area contributed by atoms with Crippen molar-refractivity contribution in [2.45, 2.75) is 37.8 Å². The molecule has 2 aromatic rings. The third-order valence-corrected chi connectivity index (χ3v) is 6.70. The van der Waals surface area contributed by atoms with Crippen LogP contribution in [0.1, 0.15) is 24.8 Å². The van der Waals surface area contributed by atoms with Crippen LogP contribution in [-0.2, 0) is 16.0 Å². The molecule has 9 heteroatoms. The molecule has 2 amide bonds. The first-order chi connectivity index (χ1) is 14.0. The van der Waals surface area contributed by atoms with E-state index in [-0.39, 0.29) is 5.91 Å². The van der Waals surface area contributed by atoms with Crippen molar-refractivity contribution in [3.05, 3.63) is 28.4 Å². The number of amides is 2. The number of H-pyrrole nitrogens is 1. The Balaban J connectivity index is 1.39. The summed E-state index contributed by atoms with van der Waals surface area (Å²) in [5, 5.41) is 11.4. The second-order valence-corrected chi connectivity index (χ2v) is 8.75. The molecular formula is C20H27BrN6O2. The molecule has 1 aromatic heterocycles. The number of nitrogens with two attached hydrogens (primary N) is 1. The molecule has 0 saturated carbocycles. The van der Waals surface area contributed by atoms with Crippen molar-refractivity contribution in [3.63, 3.8) is 0 Å². The minimum Gasteiger partial charge on any atom is -0.368 e. The molecule has 4 N–H and O–H groups in total. The van der Waals surface area contributed by atoms with E-state index >= 15 is 0 Å². The van der Waals surface area contributed by atoms with Crippen molar-refractivity contribution in [1.82, 2.24) is 25.3 Å². The normalized spacial score (nSPS) is 21.6. The van der Waals surface area contributed by atoms with E-state index in [9.17, 15) is 9.59 Å². The van der Waals surface area contributed by atoms with Crippen molar-refractivity contribution >= 4 is 38.6 Å². The number of halogens is 1. The van der Waals surface area contributed by atoms with Crippen LogP contribution in [0.15, 0.2) is 22.8 Å². The van der Waals surface area contributed by atoms with Crippen LogP contribution < -0.4 is 11.1 Å². The lowest BCUT2D eigenvalue weighted by atomic mass is 10.0. The number of aryl methyl sites for hydroxylation is 1. The van der Waals surface area contributed by atoms with E-state index < -0.39 is 11.9 Å². The number of nitrogens with zero attached hydrogens (tertiary/aromatic N) is 3. The van der Waals surface area contributed by atoms with Crippen LogP contribution in [0.2, 0.25) is 0 Å². The number of benzene rings is 1. The molecule has 8 nitrogen and oxygen atoms in total. The zero-order chi connectivity index (χ0) is 20.4. The molecule has 4 rings (SSSR count). The van der Waals surface area contributed by atoms with Crippen LogP contribution in [0, 0.1) is 0 Å². The van der Waals surface area contributed by atoms with Crippen LogP contribution >= 0.6 is 15.9 Å². The van der Waals surface area contributed by atoms with Gasteiger partial charge >= 0.3 is 0 Å². The first kappa shape index (κ1) is 20.3. The number of primary amides is 1. The largest absolute Gasteiger partial charge is 0.368 e. The molecule has 1 unspecified atom stereocenters. The molecule has 1 aromatic carbocycles. The second kappa shape index (κ2) is 8.81. The van der Waals surface area contributed by atoms with Gasteiger partial charge in [-0.1, -0.05) is 0 Å². The van der Waals surface area contributed by atoms with Gasteiger partial charge in [0.15, 0.2) is 0 Å². The maximum absolute atomic E-state index is 12.9. The van der Waals surface area contributed by atoms with Gasteiger partial charge in [0.2, 0.25) is 11.8 Å². The molecule has 29 heavy (non-hydrogen) atoms. The number of fused-ring (bicyclic) bond motifs is 1. The van der Waals surface area contributed by atoms with E-state index in [4.69, 9.17) is 5.73 Å². The van der Waals surface area contributed by atoms with E-state index in [1.54, 1.807) is 11.1 Å². The number of piperidine rings is 1. The van der Waals surface area contributed by atoms with Crippen LogP contribution in [0.3, 0.4) is 0 Å². The Morgan fingerprint density at radius 2 is 2.03 bits per heavy atom. The average Bonchev–Trinajstić information content (AvgIpc) is 3.21. The van der Waals surface area contributed by atoms with Crippen molar-refractivity contribution in [1.29, 1.82) is 0 Å². The Morgan fingerprint density at radius 3 is 2.79 bits per heavy atom. The summed E-state index contributed by atoms with van der Waals surface area (Å²) in [6, 6.07) is 3.97. The van der Waals surface area contributed by atoms with Crippen molar-refractivity contribution in [2.24, 2.45) is 5.73 Å². The number of nitrogens with one attached hydrogen (secondary N) is 2. The Bertz CT molecular complexity index is 894. The lowest BCUT2D eigenvalue weighted by molar-refractivity contribution is -0.143. The quantitative estimate of drug-likeness (QED) is 0.614. The lowest BCUT2D eigenvalue weighted by Gasteiger charge is -2.44. The molecule has 0 radical (unpaired) electrons. The number of hydrogen-bond acceptors (Lipinski definition) is 5. The summed E-state index contributed by atoms with van der Waals surface area (Å²) in [7, 11) is 0. The van der Waals surface area contributed by atoms with Gasteiger partial charge in [-0.2, -0.15) is 5.10 Å². The van der Waals surface area contributed by atoms with Gasteiger partial charge in [0.25, 0.3) is 0 Å². The highest BCUT2D eigenvalue weighted by atomic mass is 79.9. The monoisotopic (exact) mass is 462 g/mol. The molecule has 2 aliphatic rings. The number of aromatic nitrogens is 2. The molecule has 3 heterocycles. The third-order valence-electron chi connectivity index (χ3n) is 6.07. The van der Waals surface area contributed by atoms with Gasteiger partial charge in [0, 0.05) is 42.0 Å². The van der Waals surface area contributed by atoms with E-state index in [1.807, 2.05) is 12.1 Å². The maximum Gasteiger partial charge on any atom is 0.241 e. The van der Waals surface area contributed by atoms with Gasteiger partial charge in [0.1, 0.15) is 6.04 Å². The maximum atomic E-state index is 12.9. The van der Waals surface area contributed by atoms with Gasteiger partial charge < -0.3 is 16.0 Å². The van der Waals surface area contributed by atoms with Crippen LogP contribution in [-0.4, -0.2) is 76.6 Å². The molecule has 0 aliphatic carbocycles. The van der Waals surface area contributed by atoms with E-state index in [0.717, 1.165) is 53.4 Å². The number of rotatable bonds is 5. The zero-order valence-electron chi connectivity index (χ0n) is 16.4. The predicted molar refractivity (Wildman–Crippen MR) is 114 cm³/mol. The molecule has 0 bridgehead atoms. The van der Waals surface area contributed by atoms with Crippen molar-refractivity contribution < 1.29 is 9.59 Å². The first-order valence-electron chi connectivity index (χ1n) is 10.2. The molecule has 156 valence electrons. The van der Waals surface area contributed by atoms with Crippen molar-refractivity contribution in [2.75, 3.05) is 32.7 Å². The van der Waals surface area contributed by atoms with Gasteiger partial charge in [0.05, 0.1) is 11.7 Å². The van der Waals surface area contributed by atoms with E-state index in [0.29, 0.717) is 32.0 Å². The fourth-order valence-electron chi connectivity index (χ4n) is 4.46.